The van der Waals surface area contributed by atoms with Crippen LogP contribution in [0.4, 0.5) is 0 Å². The van der Waals surface area contributed by atoms with E-state index >= 15 is 0 Å². The van der Waals surface area contributed by atoms with E-state index in [1.807, 2.05) is 105 Å². The minimum atomic E-state index is 1.32. The van der Waals surface area contributed by atoms with E-state index in [2.05, 4.69) is 57.2 Å². The Bertz CT molecular complexity index is 660. The van der Waals surface area contributed by atoms with Crippen molar-refractivity contribution in [3.8, 4) is 0 Å². The molecule has 152 valence electrons. The van der Waals surface area contributed by atoms with Crippen molar-refractivity contribution in [2.75, 3.05) is 0 Å². The molecule has 4 rings (SSSR count). The molecule has 0 bridgehead atoms. The van der Waals surface area contributed by atoms with Crippen LogP contribution in [0, 0.1) is 20.8 Å². The van der Waals surface area contributed by atoms with Gasteiger partial charge in [-0.1, -0.05) is 158 Å². The molecule has 0 radical (unpaired) electrons. The third-order valence-corrected chi connectivity index (χ3v) is 3.49. The van der Waals surface area contributed by atoms with Crippen molar-refractivity contribution in [2.45, 2.75) is 34.6 Å². The van der Waals surface area contributed by atoms with Gasteiger partial charge in [-0.2, -0.15) is 0 Å². The standard InChI is InChI=1S/3C7H8.C6H6.C2H6/c3*1-7-5-3-2-4-6-7;1-2-4-6-5-3-1;1-2/h3*2-6H,1H3;1-6H;1-2H3. The maximum absolute atomic E-state index is 2.08. The number of hydrogen-bond donors (Lipinski definition) is 0. The minimum Gasteiger partial charge on any atom is -0.0683 e. The molecule has 29 heavy (non-hydrogen) atoms. The van der Waals surface area contributed by atoms with Gasteiger partial charge in [-0.05, 0) is 20.8 Å². The van der Waals surface area contributed by atoms with Crippen LogP contribution < -0.4 is 0 Å². The van der Waals surface area contributed by atoms with Gasteiger partial charge < -0.3 is 0 Å². The van der Waals surface area contributed by atoms with E-state index in [0.29, 0.717) is 0 Å². The zero-order chi connectivity index (χ0) is 21.6. The normalized spacial score (nSPS) is 8.17. The average Bonchev–Trinajstić information content (AvgIpc) is 2.79. The highest BCUT2D eigenvalue weighted by molar-refractivity contribution is 5.13. The van der Waals surface area contributed by atoms with Gasteiger partial charge in [0.1, 0.15) is 0 Å². The summed E-state index contributed by atoms with van der Waals surface area (Å²) in [5.41, 5.74) is 3.97. The Labute approximate surface area is 178 Å². The Hall–Kier alpha value is -3.12. The van der Waals surface area contributed by atoms with E-state index in [-0.39, 0.29) is 0 Å². The predicted molar refractivity (Wildman–Crippen MR) is 131 cm³/mol. The molecule has 4 aromatic carbocycles. The maximum atomic E-state index is 2.08. The van der Waals surface area contributed by atoms with Gasteiger partial charge in [0.15, 0.2) is 0 Å². The average molecular weight is 385 g/mol. The summed E-state index contributed by atoms with van der Waals surface area (Å²) in [7, 11) is 0. The molecule has 0 saturated carbocycles. The van der Waals surface area contributed by atoms with Crippen LogP contribution in [0.15, 0.2) is 127 Å². The van der Waals surface area contributed by atoms with Crippen molar-refractivity contribution in [3.63, 3.8) is 0 Å². The van der Waals surface area contributed by atoms with E-state index in [1.54, 1.807) is 0 Å². The van der Waals surface area contributed by atoms with Gasteiger partial charge in [0.2, 0.25) is 0 Å². The molecule has 0 saturated heterocycles. The molecule has 0 unspecified atom stereocenters. The highest BCUT2D eigenvalue weighted by Crippen LogP contribution is 1.93. The summed E-state index contributed by atoms with van der Waals surface area (Å²) in [4.78, 5) is 0. The van der Waals surface area contributed by atoms with Crippen molar-refractivity contribution < 1.29 is 0 Å². The number of hydrogen-bond acceptors (Lipinski definition) is 0. The molecule has 0 N–H and O–H groups in total. The molecule has 4 aromatic rings. The molecule has 0 aliphatic carbocycles. The van der Waals surface area contributed by atoms with E-state index in [4.69, 9.17) is 0 Å². The zero-order valence-electron chi connectivity index (χ0n) is 18.6. The van der Waals surface area contributed by atoms with Gasteiger partial charge in [-0.3, -0.25) is 0 Å². The molecular formula is C29H36. The molecule has 0 heteroatoms. The molecule has 0 aliphatic rings. The Morgan fingerprint density at radius 1 is 0.276 bits per heavy atom. The highest BCUT2D eigenvalue weighted by Gasteiger charge is 1.73. The SMILES string of the molecule is CC.Cc1ccccc1.Cc1ccccc1.Cc1ccccc1.c1ccccc1. The topological polar surface area (TPSA) is 0 Å². The lowest BCUT2D eigenvalue weighted by atomic mass is 10.2. The van der Waals surface area contributed by atoms with Crippen LogP contribution in [-0.4, -0.2) is 0 Å². The fourth-order valence-electron chi connectivity index (χ4n) is 1.99. The molecule has 0 aromatic heterocycles. The van der Waals surface area contributed by atoms with Gasteiger partial charge >= 0.3 is 0 Å². The quantitative estimate of drug-likeness (QED) is 0.284. The smallest absolute Gasteiger partial charge is 0.0398 e. The van der Waals surface area contributed by atoms with Crippen molar-refractivity contribution in [3.05, 3.63) is 144 Å². The molecule has 0 heterocycles. The molecule has 0 amide bonds. The van der Waals surface area contributed by atoms with Gasteiger partial charge in [0, 0.05) is 0 Å². The Morgan fingerprint density at radius 3 is 0.517 bits per heavy atom. The van der Waals surface area contributed by atoms with Crippen LogP contribution >= 0.6 is 0 Å². The van der Waals surface area contributed by atoms with Crippen molar-refractivity contribution in [2.24, 2.45) is 0 Å². The second-order valence-electron chi connectivity index (χ2n) is 6.12. The summed E-state index contributed by atoms with van der Waals surface area (Å²) in [5, 5.41) is 0. The molecular weight excluding hydrogens is 348 g/mol. The molecule has 0 atom stereocenters. The van der Waals surface area contributed by atoms with Gasteiger partial charge in [-0.15, -0.1) is 0 Å². The molecule has 0 fully saturated rings. The van der Waals surface area contributed by atoms with Crippen LogP contribution in [0.25, 0.3) is 0 Å². The second-order valence-corrected chi connectivity index (χ2v) is 6.12. The van der Waals surface area contributed by atoms with Crippen molar-refractivity contribution in [1.82, 2.24) is 0 Å². The lowest BCUT2D eigenvalue weighted by molar-refractivity contribution is 1.48. The van der Waals surface area contributed by atoms with Crippen LogP contribution in [0.2, 0.25) is 0 Å². The Kier molecular flexibility index (Phi) is 17.5. The Morgan fingerprint density at radius 2 is 0.414 bits per heavy atom. The van der Waals surface area contributed by atoms with Gasteiger partial charge in [-0.25, -0.2) is 0 Å². The maximum Gasteiger partial charge on any atom is -0.0398 e. The molecule has 0 nitrogen and oxygen atoms in total. The predicted octanol–water partition coefficient (Wildman–Crippen LogP) is 8.70. The third kappa shape index (κ3) is 18.0. The lowest BCUT2D eigenvalue weighted by Gasteiger charge is -1.82. The van der Waals surface area contributed by atoms with Crippen LogP contribution in [0.5, 0.6) is 0 Å². The van der Waals surface area contributed by atoms with Gasteiger partial charge in [0.25, 0.3) is 0 Å². The van der Waals surface area contributed by atoms with E-state index in [0.717, 1.165) is 0 Å². The fourth-order valence-corrected chi connectivity index (χ4v) is 1.99. The first-order valence-electron chi connectivity index (χ1n) is 10.2. The van der Waals surface area contributed by atoms with E-state index < -0.39 is 0 Å². The first kappa shape index (κ1) is 25.9. The molecule has 0 aliphatic heterocycles. The van der Waals surface area contributed by atoms with Crippen LogP contribution in [0.1, 0.15) is 30.5 Å². The largest absolute Gasteiger partial charge is 0.0683 e. The fraction of sp³-hybridized carbons (Fsp3) is 0.172. The van der Waals surface area contributed by atoms with E-state index in [9.17, 15) is 0 Å². The zero-order valence-corrected chi connectivity index (χ0v) is 18.6. The first-order chi connectivity index (χ1) is 14.2. The minimum absolute atomic E-state index is 1.32. The molecule has 0 spiro atoms. The van der Waals surface area contributed by atoms with Crippen molar-refractivity contribution in [1.29, 1.82) is 0 Å². The highest BCUT2D eigenvalue weighted by atomic mass is 13.8. The lowest BCUT2D eigenvalue weighted by Crippen LogP contribution is -1.62. The number of rotatable bonds is 0. The summed E-state index contributed by atoms with van der Waals surface area (Å²) < 4.78 is 0. The summed E-state index contributed by atoms with van der Waals surface area (Å²) in [6, 6.07) is 42.8. The summed E-state index contributed by atoms with van der Waals surface area (Å²) in [6.45, 7) is 10.3. The summed E-state index contributed by atoms with van der Waals surface area (Å²) in [5.74, 6) is 0. The number of benzene rings is 4. The summed E-state index contributed by atoms with van der Waals surface area (Å²) in [6.07, 6.45) is 0. The third-order valence-electron chi connectivity index (χ3n) is 3.49. The van der Waals surface area contributed by atoms with Crippen LogP contribution in [-0.2, 0) is 0 Å². The Balaban J connectivity index is 0.000000351. The first-order valence-corrected chi connectivity index (χ1v) is 10.2. The monoisotopic (exact) mass is 384 g/mol. The number of aryl methyl sites for hydroxylation is 3. The van der Waals surface area contributed by atoms with E-state index in [1.165, 1.54) is 16.7 Å². The van der Waals surface area contributed by atoms with Crippen molar-refractivity contribution >= 4 is 0 Å². The van der Waals surface area contributed by atoms with Gasteiger partial charge in [0.05, 0.1) is 0 Å². The second kappa shape index (κ2) is 19.6. The van der Waals surface area contributed by atoms with Crippen LogP contribution in [0.3, 0.4) is 0 Å². The summed E-state index contributed by atoms with van der Waals surface area (Å²) >= 11 is 0.